The number of benzene rings is 1. The van der Waals surface area contributed by atoms with Crippen LogP contribution in [-0.4, -0.2) is 12.1 Å². The highest BCUT2D eigenvalue weighted by Gasteiger charge is 2.12. The molecule has 0 atom stereocenters. The number of aromatic amines is 1. The molecule has 1 N–H and O–H groups in total. The Morgan fingerprint density at radius 2 is 2.12 bits per heavy atom. The van der Waals surface area contributed by atoms with Crippen LogP contribution in [0, 0.1) is 6.92 Å². The summed E-state index contributed by atoms with van der Waals surface area (Å²) in [5.74, 6) is 0.968. The summed E-state index contributed by atoms with van der Waals surface area (Å²) in [7, 11) is 1.73. The molecule has 2 nitrogen and oxygen atoms in total. The molecule has 0 unspecified atom stereocenters. The zero-order valence-electron chi connectivity index (χ0n) is 10.9. The predicted molar refractivity (Wildman–Crippen MR) is 73.7 cm³/mol. The Morgan fingerprint density at radius 1 is 1.35 bits per heavy atom. The lowest BCUT2D eigenvalue weighted by Gasteiger charge is -2.11. The Morgan fingerprint density at radius 3 is 2.71 bits per heavy atom. The van der Waals surface area contributed by atoms with E-state index in [0.717, 1.165) is 17.7 Å². The zero-order valence-corrected chi connectivity index (χ0v) is 10.9. The second kappa shape index (κ2) is 4.66. The summed E-state index contributed by atoms with van der Waals surface area (Å²) in [6, 6.07) is 4.29. The van der Waals surface area contributed by atoms with Crippen LogP contribution in [-0.2, 0) is 6.42 Å². The van der Waals surface area contributed by atoms with E-state index >= 15 is 0 Å². The number of hydrogen-bond acceptors (Lipinski definition) is 1. The van der Waals surface area contributed by atoms with Gasteiger partial charge < -0.3 is 9.72 Å². The van der Waals surface area contributed by atoms with Crippen LogP contribution < -0.4 is 4.74 Å². The van der Waals surface area contributed by atoms with Crippen LogP contribution in [0.4, 0.5) is 0 Å². The number of ether oxygens (including phenoxy) is 1. The zero-order chi connectivity index (χ0) is 12.4. The normalized spacial score (nSPS) is 11.5. The third kappa shape index (κ3) is 1.95. The largest absolute Gasteiger partial charge is 0.496 e. The van der Waals surface area contributed by atoms with Crippen LogP contribution in [0.15, 0.2) is 18.2 Å². The van der Waals surface area contributed by atoms with Gasteiger partial charge in [0.2, 0.25) is 0 Å². The van der Waals surface area contributed by atoms with Crippen LogP contribution in [0.1, 0.15) is 30.7 Å². The Kier molecular flexibility index (Phi) is 3.23. The van der Waals surface area contributed by atoms with Crippen LogP contribution in [0.25, 0.3) is 17.0 Å². The van der Waals surface area contributed by atoms with E-state index in [2.05, 4.69) is 43.1 Å². The first-order valence-electron chi connectivity index (χ1n) is 6.03. The first-order chi connectivity index (χ1) is 8.21. The number of allylic oxidation sites excluding steroid dienone is 1. The van der Waals surface area contributed by atoms with Gasteiger partial charge in [-0.25, -0.2) is 0 Å². The van der Waals surface area contributed by atoms with Gasteiger partial charge in [0.1, 0.15) is 5.75 Å². The summed E-state index contributed by atoms with van der Waals surface area (Å²) in [6.45, 7) is 6.29. The molecule has 0 fully saturated rings. The molecule has 2 aromatic rings. The molecule has 1 aromatic heterocycles. The molecule has 2 heteroatoms. The Bertz CT molecular complexity index is 564. The number of fused-ring (bicyclic) bond motifs is 1. The van der Waals surface area contributed by atoms with Crippen molar-refractivity contribution in [3.63, 3.8) is 0 Å². The molecule has 17 heavy (non-hydrogen) atoms. The highest BCUT2D eigenvalue weighted by molar-refractivity contribution is 5.92. The fourth-order valence-electron chi connectivity index (χ4n) is 2.36. The molecule has 0 saturated carbocycles. The molecule has 2 rings (SSSR count). The lowest BCUT2D eigenvalue weighted by Crippen LogP contribution is -1.94. The van der Waals surface area contributed by atoms with Crippen molar-refractivity contribution in [2.75, 3.05) is 7.11 Å². The standard InChI is InChI=1S/C15H19NO/c1-5-7-12-11(6-2)15(17-4)9-14-13(12)8-10(3)16-14/h5,7-9,16H,6H2,1-4H3. The predicted octanol–water partition coefficient (Wildman–Crippen LogP) is 4.08. The van der Waals surface area contributed by atoms with Crippen LogP contribution in [0.5, 0.6) is 5.75 Å². The molecule has 0 bridgehead atoms. The van der Waals surface area contributed by atoms with Crippen molar-refractivity contribution in [1.82, 2.24) is 4.98 Å². The summed E-state index contributed by atoms with van der Waals surface area (Å²) in [5, 5.41) is 1.28. The van der Waals surface area contributed by atoms with Gasteiger partial charge in [-0.15, -0.1) is 0 Å². The Balaban J connectivity index is 2.84. The first kappa shape index (κ1) is 11.8. The van der Waals surface area contributed by atoms with Crippen molar-refractivity contribution in [3.05, 3.63) is 35.0 Å². The van der Waals surface area contributed by atoms with Crippen molar-refractivity contribution in [2.45, 2.75) is 27.2 Å². The molecular weight excluding hydrogens is 210 g/mol. The van der Waals surface area contributed by atoms with Gasteiger partial charge in [0.25, 0.3) is 0 Å². The lowest BCUT2D eigenvalue weighted by atomic mass is 9.99. The van der Waals surface area contributed by atoms with E-state index in [-0.39, 0.29) is 0 Å². The fourth-order valence-corrected chi connectivity index (χ4v) is 2.36. The summed E-state index contributed by atoms with van der Waals surface area (Å²) in [4.78, 5) is 3.37. The molecule has 0 amide bonds. The summed E-state index contributed by atoms with van der Waals surface area (Å²) in [5.41, 5.74) is 4.87. The van der Waals surface area contributed by atoms with Gasteiger partial charge in [-0.1, -0.05) is 19.1 Å². The van der Waals surface area contributed by atoms with E-state index in [1.54, 1.807) is 7.11 Å². The van der Waals surface area contributed by atoms with Crippen LogP contribution in [0.2, 0.25) is 0 Å². The van der Waals surface area contributed by atoms with E-state index in [4.69, 9.17) is 4.74 Å². The minimum absolute atomic E-state index is 0.968. The maximum Gasteiger partial charge on any atom is 0.124 e. The van der Waals surface area contributed by atoms with Crippen LogP contribution in [0.3, 0.4) is 0 Å². The van der Waals surface area contributed by atoms with Crippen molar-refractivity contribution >= 4 is 17.0 Å². The quantitative estimate of drug-likeness (QED) is 0.842. The molecule has 0 aliphatic heterocycles. The lowest BCUT2D eigenvalue weighted by molar-refractivity contribution is 0.410. The summed E-state index contributed by atoms with van der Waals surface area (Å²) < 4.78 is 5.49. The molecule has 1 heterocycles. The third-order valence-electron chi connectivity index (χ3n) is 3.08. The van der Waals surface area contributed by atoms with Gasteiger partial charge in [0, 0.05) is 28.2 Å². The second-order valence-electron chi connectivity index (χ2n) is 4.24. The topological polar surface area (TPSA) is 25.0 Å². The SMILES string of the molecule is CC=Cc1c(CC)c(OC)cc2[nH]c(C)cc12. The van der Waals surface area contributed by atoms with E-state index < -0.39 is 0 Å². The van der Waals surface area contributed by atoms with Crippen molar-refractivity contribution in [3.8, 4) is 5.75 Å². The van der Waals surface area contributed by atoms with E-state index in [9.17, 15) is 0 Å². The number of aromatic nitrogens is 1. The highest BCUT2D eigenvalue weighted by atomic mass is 16.5. The molecular formula is C15H19NO. The maximum absolute atomic E-state index is 5.49. The van der Waals surface area contributed by atoms with E-state index in [1.165, 1.54) is 22.2 Å². The molecule has 0 saturated heterocycles. The highest BCUT2D eigenvalue weighted by Crippen LogP contribution is 2.32. The Hall–Kier alpha value is -1.70. The molecule has 90 valence electrons. The van der Waals surface area contributed by atoms with Gasteiger partial charge in [0.05, 0.1) is 7.11 Å². The third-order valence-corrected chi connectivity index (χ3v) is 3.08. The van der Waals surface area contributed by atoms with Gasteiger partial charge in [-0.05, 0) is 31.9 Å². The van der Waals surface area contributed by atoms with Crippen molar-refractivity contribution in [1.29, 1.82) is 0 Å². The number of aryl methyl sites for hydroxylation is 1. The van der Waals surface area contributed by atoms with Gasteiger partial charge in [-0.3, -0.25) is 0 Å². The smallest absolute Gasteiger partial charge is 0.124 e. The number of nitrogens with one attached hydrogen (secondary N) is 1. The first-order valence-corrected chi connectivity index (χ1v) is 6.03. The molecule has 0 aliphatic carbocycles. The van der Waals surface area contributed by atoms with Crippen LogP contribution >= 0.6 is 0 Å². The molecule has 0 spiro atoms. The van der Waals surface area contributed by atoms with Crippen molar-refractivity contribution < 1.29 is 4.74 Å². The molecule has 0 aliphatic rings. The Labute approximate surface area is 102 Å². The fraction of sp³-hybridized carbons (Fsp3) is 0.333. The number of methoxy groups -OCH3 is 1. The van der Waals surface area contributed by atoms with Crippen molar-refractivity contribution in [2.24, 2.45) is 0 Å². The van der Waals surface area contributed by atoms with Gasteiger partial charge in [-0.2, -0.15) is 0 Å². The average Bonchev–Trinajstić information content (AvgIpc) is 2.69. The van der Waals surface area contributed by atoms with E-state index in [0.29, 0.717) is 0 Å². The minimum Gasteiger partial charge on any atom is -0.496 e. The number of H-pyrrole nitrogens is 1. The monoisotopic (exact) mass is 229 g/mol. The van der Waals surface area contributed by atoms with Gasteiger partial charge >= 0.3 is 0 Å². The second-order valence-corrected chi connectivity index (χ2v) is 4.24. The molecule has 0 radical (unpaired) electrons. The summed E-state index contributed by atoms with van der Waals surface area (Å²) >= 11 is 0. The minimum atomic E-state index is 0.968. The number of rotatable bonds is 3. The maximum atomic E-state index is 5.49. The van der Waals surface area contributed by atoms with Gasteiger partial charge in [0.15, 0.2) is 0 Å². The van der Waals surface area contributed by atoms with E-state index in [1.807, 2.05) is 6.92 Å². The molecule has 1 aromatic carbocycles. The average molecular weight is 229 g/mol. The summed E-state index contributed by atoms with van der Waals surface area (Å²) in [6.07, 6.45) is 5.22. The number of hydrogen-bond donors (Lipinski definition) is 1.